The number of aryl methyl sites for hydroxylation is 1. The molecule has 2 heterocycles. The fourth-order valence-electron chi connectivity index (χ4n) is 2.82. The molecule has 0 amide bonds. The minimum Gasteiger partial charge on any atom is -0.497 e. The van der Waals surface area contributed by atoms with Gasteiger partial charge in [-0.1, -0.05) is 18.2 Å². The third-order valence-electron chi connectivity index (χ3n) is 4.12. The van der Waals surface area contributed by atoms with E-state index < -0.39 is 0 Å². The first-order valence-electron chi connectivity index (χ1n) is 7.92. The Kier molecular flexibility index (Phi) is 3.65. The lowest BCUT2D eigenvalue weighted by atomic mass is 10.0. The van der Waals surface area contributed by atoms with Crippen LogP contribution >= 0.6 is 0 Å². The number of ether oxygens (including phenoxy) is 2. The van der Waals surface area contributed by atoms with Crippen LogP contribution < -0.4 is 4.74 Å². The van der Waals surface area contributed by atoms with Crippen molar-refractivity contribution in [1.82, 2.24) is 0 Å². The number of methoxy groups -OCH3 is 1. The summed E-state index contributed by atoms with van der Waals surface area (Å²) in [5.41, 5.74) is 1.32. The summed E-state index contributed by atoms with van der Waals surface area (Å²) in [7, 11) is 1.65. The highest BCUT2D eigenvalue weighted by Gasteiger charge is 2.22. The standard InChI is InChI=1S/C21H16O4/c1-13-3-7-19(24-13)11-17-12-20(25-21(17)22)16-5-4-15-10-18(23-2)8-6-14(15)9-16/h3-12H,1-2H3/b17-11-. The number of furan rings is 1. The van der Waals surface area contributed by atoms with Crippen molar-refractivity contribution < 1.29 is 18.7 Å². The van der Waals surface area contributed by atoms with E-state index in [0.29, 0.717) is 17.1 Å². The molecule has 0 aliphatic carbocycles. The van der Waals surface area contributed by atoms with Gasteiger partial charge in [0.05, 0.1) is 12.7 Å². The molecule has 0 saturated carbocycles. The molecule has 0 N–H and O–H groups in total. The summed E-state index contributed by atoms with van der Waals surface area (Å²) >= 11 is 0. The lowest BCUT2D eigenvalue weighted by Crippen LogP contribution is -1.97. The van der Waals surface area contributed by atoms with E-state index in [-0.39, 0.29) is 5.97 Å². The van der Waals surface area contributed by atoms with E-state index in [2.05, 4.69) is 0 Å². The summed E-state index contributed by atoms with van der Waals surface area (Å²) in [4.78, 5) is 12.1. The third kappa shape index (κ3) is 2.94. The summed E-state index contributed by atoms with van der Waals surface area (Å²) in [5.74, 6) is 2.40. The molecule has 25 heavy (non-hydrogen) atoms. The molecule has 0 spiro atoms. The summed E-state index contributed by atoms with van der Waals surface area (Å²) in [6.45, 7) is 1.86. The highest BCUT2D eigenvalue weighted by molar-refractivity contribution is 6.05. The number of hydrogen-bond donors (Lipinski definition) is 0. The van der Waals surface area contributed by atoms with Gasteiger partial charge < -0.3 is 13.9 Å². The molecule has 2 aromatic carbocycles. The van der Waals surface area contributed by atoms with E-state index in [0.717, 1.165) is 27.8 Å². The average molecular weight is 332 g/mol. The van der Waals surface area contributed by atoms with Crippen LogP contribution in [0.3, 0.4) is 0 Å². The first-order chi connectivity index (χ1) is 12.1. The van der Waals surface area contributed by atoms with E-state index in [1.54, 1.807) is 19.3 Å². The van der Waals surface area contributed by atoms with Crippen LogP contribution in [-0.2, 0) is 9.53 Å². The number of hydrogen-bond acceptors (Lipinski definition) is 4. The fraction of sp³-hybridized carbons (Fsp3) is 0.0952. The molecule has 0 unspecified atom stereocenters. The first-order valence-corrected chi connectivity index (χ1v) is 7.92. The number of carbonyl (C=O) groups excluding carboxylic acids is 1. The van der Waals surface area contributed by atoms with E-state index in [9.17, 15) is 4.79 Å². The van der Waals surface area contributed by atoms with Crippen molar-refractivity contribution in [3.63, 3.8) is 0 Å². The van der Waals surface area contributed by atoms with Crippen molar-refractivity contribution in [3.8, 4) is 5.75 Å². The van der Waals surface area contributed by atoms with Gasteiger partial charge in [-0.05, 0) is 60.2 Å². The second-order valence-corrected chi connectivity index (χ2v) is 5.87. The third-order valence-corrected chi connectivity index (χ3v) is 4.12. The number of carbonyl (C=O) groups is 1. The molecule has 0 atom stereocenters. The molecule has 1 aromatic heterocycles. The Labute approximate surface area is 145 Å². The van der Waals surface area contributed by atoms with Crippen molar-refractivity contribution in [2.45, 2.75) is 6.92 Å². The normalized spacial score (nSPS) is 15.5. The van der Waals surface area contributed by atoms with Gasteiger partial charge in [0.15, 0.2) is 0 Å². The molecule has 1 aliphatic heterocycles. The minimum absolute atomic E-state index is 0.376. The Morgan fingerprint density at radius 2 is 1.80 bits per heavy atom. The molecular formula is C21H16O4. The zero-order chi connectivity index (χ0) is 17.4. The Hall–Kier alpha value is -3.27. The lowest BCUT2D eigenvalue weighted by molar-refractivity contribution is -0.130. The van der Waals surface area contributed by atoms with Crippen LogP contribution in [0.25, 0.3) is 22.6 Å². The van der Waals surface area contributed by atoms with Crippen LogP contribution in [0.5, 0.6) is 5.75 Å². The van der Waals surface area contributed by atoms with Crippen LogP contribution in [0.15, 0.2) is 64.6 Å². The zero-order valence-electron chi connectivity index (χ0n) is 13.9. The molecule has 3 aromatic rings. The molecule has 0 radical (unpaired) electrons. The van der Waals surface area contributed by atoms with E-state index in [1.165, 1.54) is 0 Å². The van der Waals surface area contributed by atoms with Gasteiger partial charge in [-0.3, -0.25) is 0 Å². The van der Waals surface area contributed by atoms with Crippen LogP contribution in [0.2, 0.25) is 0 Å². The van der Waals surface area contributed by atoms with Crippen LogP contribution in [0.4, 0.5) is 0 Å². The number of esters is 1. The van der Waals surface area contributed by atoms with Crippen LogP contribution in [0, 0.1) is 6.92 Å². The largest absolute Gasteiger partial charge is 0.497 e. The highest BCUT2D eigenvalue weighted by atomic mass is 16.5. The maximum atomic E-state index is 12.1. The summed E-state index contributed by atoms with van der Waals surface area (Å²) in [6, 6.07) is 15.5. The van der Waals surface area contributed by atoms with Crippen molar-refractivity contribution in [1.29, 1.82) is 0 Å². The van der Waals surface area contributed by atoms with Gasteiger partial charge in [0.2, 0.25) is 0 Å². The maximum absolute atomic E-state index is 12.1. The molecule has 0 saturated heterocycles. The summed E-state index contributed by atoms with van der Waals surface area (Å²) in [5, 5.41) is 2.11. The van der Waals surface area contributed by atoms with Crippen molar-refractivity contribution in [2.75, 3.05) is 7.11 Å². The van der Waals surface area contributed by atoms with Crippen LogP contribution in [0.1, 0.15) is 17.1 Å². The van der Waals surface area contributed by atoms with Gasteiger partial charge >= 0.3 is 5.97 Å². The Morgan fingerprint density at radius 3 is 2.56 bits per heavy atom. The minimum atomic E-state index is -0.376. The van der Waals surface area contributed by atoms with Crippen molar-refractivity contribution in [2.24, 2.45) is 0 Å². The monoisotopic (exact) mass is 332 g/mol. The number of fused-ring (bicyclic) bond motifs is 1. The molecule has 0 bridgehead atoms. The second-order valence-electron chi connectivity index (χ2n) is 5.87. The van der Waals surface area contributed by atoms with Crippen LogP contribution in [-0.4, -0.2) is 13.1 Å². The molecule has 0 fully saturated rings. The quantitative estimate of drug-likeness (QED) is 0.514. The summed E-state index contributed by atoms with van der Waals surface area (Å²) < 4.78 is 16.2. The Balaban J connectivity index is 1.69. The van der Waals surface area contributed by atoms with Gasteiger partial charge in [-0.25, -0.2) is 4.79 Å². The van der Waals surface area contributed by atoms with Gasteiger partial charge in [-0.15, -0.1) is 0 Å². The SMILES string of the molecule is COc1ccc2cc(C3=C/C(=C/c4ccc(C)o4)C(=O)O3)ccc2c1. The second kappa shape index (κ2) is 5.98. The van der Waals surface area contributed by atoms with E-state index >= 15 is 0 Å². The molecule has 4 rings (SSSR count). The van der Waals surface area contributed by atoms with Crippen molar-refractivity contribution >= 4 is 28.6 Å². The molecule has 4 nitrogen and oxygen atoms in total. The molecule has 4 heteroatoms. The Morgan fingerprint density at radius 1 is 1.00 bits per heavy atom. The first kappa shape index (κ1) is 15.3. The average Bonchev–Trinajstić information content (AvgIpc) is 3.20. The number of benzene rings is 2. The van der Waals surface area contributed by atoms with Gasteiger partial charge in [0.1, 0.15) is 23.0 Å². The lowest BCUT2D eigenvalue weighted by Gasteiger charge is -2.06. The van der Waals surface area contributed by atoms with E-state index in [4.69, 9.17) is 13.9 Å². The van der Waals surface area contributed by atoms with Crippen molar-refractivity contribution in [3.05, 3.63) is 77.3 Å². The number of cyclic esters (lactones) is 1. The maximum Gasteiger partial charge on any atom is 0.343 e. The van der Waals surface area contributed by atoms with Gasteiger partial charge in [-0.2, -0.15) is 0 Å². The Bertz CT molecular complexity index is 1040. The fourth-order valence-corrected chi connectivity index (χ4v) is 2.82. The summed E-state index contributed by atoms with van der Waals surface area (Å²) in [6.07, 6.45) is 3.43. The smallest absolute Gasteiger partial charge is 0.343 e. The molecule has 124 valence electrons. The van der Waals surface area contributed by atoms with Gasteiger partial charge in [0.25, 0.3) is 0 Å². The number of rotatable bonds is 3. The zero-order valence-corrected chi connectivity index (χ0v) is 13.9. The van der Waals surface area contributed by atoms with Gasteiger partial charge in [0, 0.05) is 5.56 Å². The van der Waals surface area contributed by atoms with E-state index in [1.807, 2.05) is 55.5 Å². The highest BCUT2D eigenvalue weighted by Crippen LogP contribution is 2.30. The predicted molar refractivity (Wildman–Crippen MR) is 96.0 cm³/mol. The predicted octanol–water partition coefficient (Wildman–Crippen LogP) is 4.73. The topological polar surface area (TPSA) is 48.7 Å². The molecule has 1 aliphatic rings. The molecular weight excluding hydrogens is 316 g/mol.